The Morgan fingerprint density at radius 1 is 0.931 bits per heavy atom. The van der Waals surface area contributed by atoms with Crippen molar-refractivity contribution in [2.24, 2.45) is 0 Å². The number of nitrogens with zero attached hydrogens (tertiary/aromatic N) is 2. The van der Waals surface area contributed by atoms with Crippen molar-refractivity contribution in [2.45, 2.75) is 11.2 Å². The largest absolute Gasteiger partial charge is 0.451 e. The minimum atomic E-state index is -4.66. The molecule has 1 heterocycles. The van der Waals surface area contributed by atoms with Gasteiger partial charge in [-0.15, -0.1) is 0 Å². The van der Waals surface area contributed by atoms with Gasteiger partial charge in [0.2, 0.25) is 11.7 Å². The third-order valence-electron chi connectivity index (χ3n) is 4.20. The van der Waals surface area contributed by atoms with Crippen molar-refractivity contribution in [3.05, 3.63) is 72.6 Å². The average Bonchev–Trinajstić information content (AvgIpc) is 2.71. The molecule has 0 radical (unpaired) electrons. The predicted octanol–water partition coefficient (Wildman–Crippen LogP) is 5.53. The summed E-state index contributed by atoms with van der Waals surface area (Å²) in [6.45, 7) is 0. The van der Waals surface area contributed by atoms with E-state index in [0.717, 1.165) is 22.5 Å². The summed E-state index contributed by atoms with van der Waals surface area (Å²) in [6, 6.07) is 19.7. The molecular weight excluding hydrogens is 399 g/mol. The van der Waals surface area contributed by atoms with Crippen LogP contribution in [0.4, 0.5) is 18.9 Å². The molecule has 1 aromatic heterocycles. The first-order valence-corrected chi connectivity index (χ1v) is 9.64. The third-order valence-corrected chi connectivity index (χ3v) is 5.19. The number of amides is 1. The maximum atomic E-state index is 13.1. The fraction of sp³-hybridized carbons (Fsp3) is 0.0952. The molecule has 0 spiro atoms. The van der Waals surface area contributed by atoms with E-state index in [9.17, 15) is 18.0 Å². The van der Waals surface area contributed by atoms with E-state index < -0.39 is 12.0 Å². The van der Waals surface area contributed by atoms with Gasteiger partial charge in [-0.1, -0.05) is 60.3 Å². The number of thioether (sulfide) groups is 1. The van der Waals surface area contributed by atoms with Crippen LogP contribution >= 0.6 is 11.8 Å². The Bertz CT molecular complexity index is 1210. The fourth-order valence-corrected chi connectivity index (χ4v) is 3.70. The highest BCUT2D eigenvalue weighted by molar-refractivity contribution is 8.00. The summed E-state index contributed by atoms with van der Waals surface area (Å²) >= 11 is 0.948. The second-order valence-electron chi connectivity index (χ2n) is 6.27. The van der Waals surface area contributed by atoms with Gasteiger partial charge in [0.1, 0.15) is 5.03 Å². The van der Waals surface area contributed by atoms with Crippen LogP contribution in [0.3, 0.4) is 0 Å². The standard InChI is InChI=1S/C21H14F3N3OS/c22-21(23,24)20-26-17-8-4-3-7-16(17)19(27-20)29-12-18(28)25-15-10-9-13-5-1-2-6-14(13)11-15/h1-11H,12H2,(H,25,28). The Morgan fingerprint density at radius 3 is 2.45 bits per heavy atom. The van der Waals surface area contributed by atoms with E-state index in [-0.39, 0.29) is 22.2 Å². The number of carbonyl (C=O) groups is 1. The van der Waals surface area contributed by atoms with Crippen molar-refractivity contribution < 1.29 is 18.0 Å². The molecule has 1 N–H and O–H groups in total. The highest BCUT2D eigenvalue weighted by atomic mass is 32.2. The molecule has 0 fully saturated rings. The van der Waals surface area contributed by atoms with Gasteiger partial charge >= 0.3 is 6.18 Å². The number of rotatable bonds is 4. The quantitative estimate of drug-likeness (QED) is 0.353. The van der Waals surface area contributed by atoms with E-state index in [1.54, 1.807) is 24.3 Å². The molecule has 0 bridgehead atoms. The first-order valence-electron chi connectivity index (χ1n) is 8.65. The molecule has 0 unspecified atom stereocenters. The van der Waals surface area contributed by atoms with Crippen molar-refractivity contribution >= 4 is 45.0 Å². The van der Waals surface area contributed by atoms with Crippen molar-refractivity contribution in [1.82, 2.24) is 9.97 Å². The predicted molar refractivity (Wildman–Crippen MR) is 108 cm³/mol. The molecule has 0 atom stereocenters. The number of hydrogen-bond acceptors (Lipinski definition) is 4. The lowest BCUT2D eigenvalue weighted by atomic mass is 10.1. The smallest absolute Gasteiger partial charge is 0.325 e. The number of anilines is 1. The van der Waals surface area contributed by atoms with E-state index in [4.69, 9.17) is 0 Å². The maximum absolute atomic E-state index is 13.1. The summed E-state index contributed by atoms with van der Waals surface area (Å²) in [4.78, 5) is 19.6. The molecule has 1 amide bonds. The SMILES string of the molecule is O=C(CSc1nc(C(F)(F)F)nc2ccccc12)Nc1ccc2ccccc2c1. The van der Waals surface area contributed by atoms with Crippen LogP contribution in [0.15, 0.2) is 71.8 Å². The highest BCUT2D eigenvalue weighted by Crippen LogP contribution is 2.32. The number of alkyl halides is 3. The van der Waals surface area contributed by atoms with Gasteiger partial charge in [-0.05, 0) is 29.0 Å². The van der Waals surface area contributed by atoms with Crippen LogP contribution in [-0.4, -0.2) is 21.6 Å². The van der Waals surface area contributed by atoms with E-state index >= 15 is 0 Å². The summed E-state index contributed by atoms with van der Waals surface area (Å²) in [5.74, 6) is -1.62. The van der Waals surface area contributed by atoms with Crippen LogP contribution in [0.5, 0.6) is 0 Å². The van der Waals surface area contributed by atoms with Crippen LogP contribution in [0, 0.1) is 0 Å². The van der Waals surface area contributed by atoms with Crippen molar-refractivity contribution in [3.63, 3.8) is 0 Å². The minimum absolute atomic E-state index is 0.0782. The first kappa shape index (κ1) is 19.2. The molecule has 3 aromatic carbocycles. The minimum Gasteiger partial charge on any atom is -0.325 e. The van der Waals surface area contributed by atoms with Gasteiger partial charge in [0.25, 0.3) is 0 Å². The van der Waals surface area contributed by atoms with Crippen LogP contribution in [0.2, 0.25) is 0 Å². The van der Waals surface area contributed by atoms with Crippen LogP contribution in [0.25, 0.3) is 21.7 Å². The monoisotopic (exact) mass is 413 g/mol. The fourth-order valence-electron chi connectivity index (χ4n) is 2.88. The summed E-state index contributed by atoms with van der Waals surface area (Å²) < 4.78 is 39.3. The zero-order valence-electron chi connectivity index (χ0n) is 14.9. The average molecular weight is 413 g/mol. The van der Waals surface area contributed by atoms with Crippen LogP contribution in [0.1, 0.15) is 5.82 Å². The molecule has 0 aliphatic carbocycles. The van der Waals surface area contributed by atoms with Crippen molar-refractivity contribution in [1.29, 1.82) is 0 Å². The Hall–Kier alpha value is -3.13. The molecule has 4 rings (SSSR count). The maximum Gasteiger partial charge on any atom is 0.451 e. The number of benzene rings is 3. The molecule has 29 heavy (non-hydrogen) atoms. The molecule has 0 aliphatic heterocycles. The lowest BCUT2D eigenvalue weighted by Crippen LogP contribution is -2.15. The molecule has 0 aliphatic rings. The van der Waals surface area contributed by atoms with Crippen molar-refractivity contribution in [2.75, 3.05) is 11.1 Å². The number of hydrogen-bond donors (Lipinski definition) is 1. The number of fused-ring (bicyclic) bond motifs is 2. The van der Waals surface area contributed by atoms with Gasteiger partial charge in [-0.3, -0.25) is 4.79 Å². The van der Waals surface area contributed by atoms with E-state index in [2.05, 4.69) is 15.3 Å². The van der Waals surface area contributed by atoms with Gasteiger partial charge < -0.3 is 5.32 Å². The molecule has 0 saturated heterocycles. The lowest BCUT2D eigenvalue weighted by Gasteiger charge is -2.10. The molecule has 0 saturated carbocycles. The summed E-state index contributed by atoms with van der Waals surface area (Å²) in [5, 5.41) is 5.40. The van der Waals surface area contributed by atoms with Gasteiger partial charge in [0.05, 0.1) is 11.3 Å². The number of nitrogens with one attached hydrogen (secondary N) is 1. The van der Waals surface area contributed by atoms with Gasteiger partial charge in [-0.2, -0.15) is 13.2 Å². The zero-order valence-corrected chi connectivity index (χ0v) is 15.7. The first-order chi connectivity index (χ1) is 13.9. The lowest BCUT2D eigenvalue weighted by molar-refractivity contribution is -0.145. The number of halogens is 3. The molecule has 8 heteroatoms. The van der Waals surface area contributed by atoms with Crippen LogP contribution < -0.4 is 5.32 Å². The molecule has 4 nitrogen and oxygen atoms in total. The topological polar surface area (TPSA) is 54.9 Å². The normalized spacial score (nSPS) is 11.7. The number of carbonyl (C=O) groups excluding carboxylic acids is 1. The number of aromatic nitrogens is 2. The Labute approximate surface area is 168 Å². The third kappa shape index (κ3) is 4.32. The summed E-state index contributed by atoms with van der Waals surface area (Å²) in [5.41, 5.74) is 0.810. The van der Waals surface area contributed by atoms with Crippen LogP contribution in [-0.2, 0) is 11.0 Å². The molecule has 146 valence electrons. The van der Waals surface area contributed by atoms with Crippen molar-refractivity contribution in [3.8, 4) is 0 Å². The molecule has 4 aromatic rings. The van der Waals surface area contributed by atoms with E-state index in [1.165, 1.54) is 6.07 Å². The molecular formula is C21H14F3N3OS. The Balaban J connectivity index is 1.53. The second kappa shape index (κ2) is 7.71. The summed E-state index contributed by atoms with van der Waals surface area (Å²) in [7, 11) is 0. The number of para-hydroxylation sites is 1. The second-order valence-corrected chi connectivity index (χ2v) is 7.23. The van der Waals surface area contributed by atoms with E-state index in [1.807, 2.05) is 36.4 Å². The van der Waals surface area contributed by atoms with Gasteiger partial charge in [0, 0.05) is 11.1 Å². The Kier molecular flexibility index (Phi) is 5.10. The Morgan fingerprint density at radius 2 is 1.66 bits per heavy atom. The van der Waals surface area contributed by atoms with Gasteiger partial charge in [0.15, 0.2) is 0 Å². The van der Waals surface area contributed by atoms with Gasteiger partial charge in [-0.25, -0.2) is 9.97 Å². The summed E-state index contributed by atoms with van der Waals surface area (Å²) in [6.07, 6.45) is -4.66. The van der Waals surface area contributed by atoms with E-state index in [0.29, 0.717) is 11.1 Å². The zero-order chi connectivity index (χ0) is 20.4. The highest BCUT2D eigenvalue weighted by Gasteiger charge is 2.35.